The van der Waals surface area contributed by atoms with E-state index in [0.717, 1.165) is 5.56 Å². The topological polar surface area (TPSA) is 88.9 Å². The predicted molar refractivity (Wildman–Crippen MR) is 141 cm³/mol. The molecule has 37 heavy (non-hydrogen) atoms. The standard InChI is InChI=1S/C28H26N2O6S/c1-33-23-19-15-36-27(32)22(19)20(24(34-2)25(23)35-3)16-37-28-29-21-12-8-7-11-18(21)26(31)30(28)14-13-17-9-5-4-6-10-17/h4-12H,13-16H2,1-3H3. The van der Waals surface area contributed by atoms with Gasteiger partial charge in [0.25, 0.3) is 5.56 Å². The maximum atomic E-state index is 13.5. The van der Waals surface area contributed by atoms with Crippen LogP contribution in [0, 0.1) is 0 Å². The molecular formula is C28H26N2O6S. The van der Waals surface area contributed by atoms with Crippen molar-refractivity contribution in [2.24, 2.45) is 0 Å². The van der Waals surface area contributed by atoms with Gasteiger partial charge in [0.15, 0.2) is 16.7 Å². The zero-order valence-corrected chi connectivity index (χ0v) is 21.6. The summed E-state index contributed by atoms with van der Waals surface area (Å²) in [5.74, 6) is 1.06. The van der Waals surface area contributed by atoms with Crippen molar-refractivity contribution in [2.75, 3.05) is 21.3 Å². The molecule has 0 bridgehead atoms. The van der Waals surface area contributed by atoms with E-state index in [-0.39, 0.29) is 12.2 Å². The highest BCUT2D eigenvalue weighted by atomic mass is 32.2. The number of hydrogen-bond acceptors (Lipinski definition) is 8. The Balaban J connectivity index is 1.58. The largest absolute Gasteiger partial charge is 0.492 e. The smallest absolute Gasteiger partial charge is 0.339 e. The van der Waals surface area contributed by atoms with Gasteiger partial charge in [-0.2, -0.15) is 0 Å². The van der Waals surface area contributed by atoms with Crippen molar-refractivity contribution in [1.82, 2.24) is 9.55 Å². The Morgan fingerprint density at radius 1 is 0.919 bits per heavy atom. The fourth-order valence-corrected chi connectivity index (χ4v) is 5.65. The number of thioether (sulfide) groups is 1. The van der Waals surface area contributed by atoms with Gasteiger partial charge in [0, 0.05) is 17.9 Å². The molecule has 0 atom stereocenters. The van der Waals surface area contributed by atoms with E-state index in [4.69, 9.17) is 23.9 Å². The number of methoxy groups -OCH3 is 3. The number of esters is 1. The van der Waals surface area contributed by atoms with Crippen molar-refractivity contribution in [3.05, 3.63) is 87.2 Å². The molecule has 0 aliphatic carbocycles. The SMILES string of the molecule is COc1c2c(c(CSc3nc4ccccc4c(=O)n3CCc3ccccc3)c(OC)c1OC)C(=O)OC2. The van der Waals surface area contributed by atoms with Crippen molar-refractivity contribution in [3.8, 4) is 17.2 Å². The number of fused-ring (bicyclic) bond motifs is 2. The molecular weight excluding hydrogens is 492 g/mol. The number of cyclic esters (lactones) is 1. The number of para-hydroxylation sites is 1. The van der Waals surface area contributed by atoms with Crippen LogP contribution < -0.4 is 19.8 Å². The van der Waals surface area contributed by atoms with E-state index in [9.17, 15) is 9.59 Å². The second kappa shape index (κ2) is 10.6. The van der Waals surface area contributed by atoms with E-state index in [1.165, 1.54) is 33.1 Å². The molecule has 0 saturated heterocycles. The lowest BCUT2D eigenvalue weighted by Gasteiger charge is -2.19. The van der Waals surface area contributed by atoms with Gasteiger partial charge in [0.1, 0.15) is 6.61 Å². The van der Waals surface area contributed by atoms with Crippen molar-refractivity contribution in [2.45, 2.75) is 30.5 Å². The fraction of sp³-hybridized carbons (Fsp3) is 0.250. The maximum absolute atomic E-state index is 13.5. The Morgan fingerprint density at radius 2 is 1.62 bits per heavy atom. The Labute approximate surface area is 218 Å². The number of rotatable bonds is 9. The number of nitrogens with zero attached hydrogens (tertiary/aromatic N) is 2. The average molecular weight is 519 g/mol. The van der Waals surface area contributed by atoms with Gasteiger partial charge in [-0.25, -0.2) is 9.78 Å². The highest BCUT2D eigenvalue weighted by Crippen LogP contribution is 2.49. The Morgan fingerprint density at radius 3 is 2.35 bits per heavy atom. The van der Waals surface area contributed by atoms with Crippen molar-refractivity contribution >= 4 is 28.6 Å². The van der Waals surface area contributed by atoms with Crippen LogP contribution in [0.2, 0.25) is 0 Å². The zero-order valence-electron chi connectivity index (χ0n) is 20.8. The van der Waals surface area contributed by atoms with E-state index >= 15 is 0 Å². The molecule has 0 spiro atoms. The number of aromatic nitrogens is 2. The molecule has 5 rings (SSSR count). The molecule has 0 amide bonds. The van der Waals surface area contributed by atoms with Gasteiger partial charge in [-0.3, -0.25) is 9.36 Å². The minimum absolute atomic E-state index is 0.0887. The zero-order chi connectivity index (χ0) is 25.9. The molecule has 190 valence electrons. The lowest BCUT2D eigenvalue weighted by molar-refractivity contribution is 0.0533. The van der Waals surface area contributed by atoms with Gasteiger partial charge in [0.05, 0.1) is 43.4 Å². The number of carbonyl (C=O) groups is 1. The molecule has 4 aromatic rings. The van der Waals surface area contributed by atoms with Gasteiger partial charge in [-0.05, 0) is 24.1 Å². The fourth-order valence-electron chi connectivity index (χ4n) is 4.61. The first-order chi connectivity index (χ1) is 18.1. The van der Waals surface area contributed by atoms with Crippen molar-refractivity contribution in [1.29, 1.82) is 0 Å². The highest BCUT2D eigenvalue weighted by Gasteiger charge is 2.35. The molecule has 3 aromatic carbocycles. The minimum Gasteiger partial charge on any atom is -0.492 e. The van der Waals surface area contributed by atoms with Gasteiger partial charge >= 0.3 is 5.97 Å². The summed E-state index contributed by atoms with van der Waals surface area (Å²) in [5.41, 5.74) is 3.28. The maximum Gasteiger partial charge on any atom is 0.339 e. The predicted octanol–water partition coefficient (Wildman–Crippen LogP) is 4.63. The first-order valence-electron chi connectivity index (χ1n) is 11.7. The quantitative estimate of drug-likeness (QED) is 0.180. The molecule has 0 N–H and O–H groups in total. The van der Waals surface area contributed by atoms with E-state index < -0.39 is 5.97 Å². The summed E-state index contributed by atoms with van der Waals surface area (Å²) in [7, 11) is 4.55. The summed E-state index contributed by atoms with van der Waals surface area (Å²) in [6.07, 6.45) is 0.676. The van der Waals surface area contributed by atoms with Crippen LogP contribution in [0.15, 0.2) is 64.5 Å². The third-order valence-electron chi connectivity index (χ3n) is 6.37. The molecule has 0 fully saturated rings. The lowest BCUT2D eigenvalue weighted by atomic mass is 10.0. The number of aryl methyl sites for hydroxylation is 1. The summed E-state index contributed by atoms with van der Waals surface area (Å²) in [4.78, 5) is 31.1. The minimum atomic E-state index is -0.446. The number of hydrogen-bond donors (Lipinski definition) is 0. The Kier molecular flexibility index (Phi) is 7.05. The van der Waals surface area contributed by atoms with Crippen LogP contribution in [0.3, 0.4) is 0 Å². The van der Waals surface area contributed by atoms with Gasteiger partial charge in [0.2, 0.25) is 5.75 Å². The van der Waals surface area contributed by atoms with Crippen LogP contribution in [0.4, 0.5) is 0 Å². The number of carbonyl (C=O) groups excluding carboxylic acids is 1. The van der Waals surface area contributed by atoms with Crippen LogP contribution in [-0.4, -0.2) is 36.8 Å². The summed E-state index contributed by atoms with van der Waals surface area (Å²) >= 11 is 1.36. The molecule has 1 aliphatic heterocycles. The van der Waals surface area contributed by atoms with Crippen molar-refractivity contribution < 1.29 is 23.7 Å². The molecule has 0 radical (unpaired) electrons. The molecule has 9 heteroatoms. The van der Waals surface area contributed by atoms with Gasteiger partial charge in [-0.1, -0.05) is 54.2 Å². The van der Waals surface area contributed by atoms with E-state index in [2.05, 4.69) is 0 Å². The first kappa shape index (κ1) is 24.7. The monoisotopic (exact) mass is 518 g/mol. The molecule has 8 nitrogen and oxygen atoms in total. The normalized spacial score (nSPS) is 12.4. The summed E-state index contributed by atoms with van der Waals surface area (Å²) < 4.78 is 23.9. The second-order valence-electron chi connectivity index (χ2n) is 8.40. The van der Waals surface area contributed by atoms with Crippen LogP contribution in [0.5, 0.6) is 17.2 Å². The number of ether oxygens (including phenoxy) is 4. The van der Waals surface area contributed by atoms with Crippen molar-refractivity contribution in [3.63, 3.8) is 0 Å². The summed E-state index contributed by atoms with van der Waals surface area (Å²) in [5, 5.41) is 1.12. The third-order valence-corrected chi connectivity index (χ3v) is 7.37. The van der Waals surface area contributed by atoms with Crippen LogP contribution >= 0.6 is 11.8 Å². The molecule has 2 heterocycles. The van der Waals surface area contributed by atoms with Crippen LogP contribution in [0.1, 0.15) is 27.0 Å². The lowest BCUT2D eigenvalue weighted by Crippen LogP contribution is -2.24. The Bertz CT molecular complexity index is 1530. The first-order valence-corrected chi connectivity index (χ1v) is 12.7. The molecule has 1 aliphatic rings. The van der Waals surface area contributed by atoms with Gasteiger partial charge in [-0.15, -0.1) is 0 Å². The third kappa shape index (κ3) is 4.51. The van der Waals surface area contributed by atoms with E-state index in [1.807, 2.05) is 48.5 Å². The summed E-state index contributed by atoms with van der Waals surface area (Å²) in [6, 6.07) is 17.3. The van der Waals surface area contributed by atoms with Crippen LogP contribution in [-0.2, 0) is 30.1 Å². The number of benzene rings is 3. The van der Waals surface area contributed by atoms with E-state index in [1.54, 1.807) is 10.6 Å². The van der Waals surface area contributed by atoms with E-state index in [0.29, 0.717) is 68.7 Å². The Hall–Kier alpha value is -3.98. The van der Waals surface area contributed by atoms with Gasteiger partial charge < -0.3 is 18.9 Å². The molecule has 0 unspecified atom stereocenters. The molecule has 1 aromatic heterocycles. The summed E-state index contributed by atoms with van der Waals surface area (Å²) in [6.45, 7) is 0.553. The highest BCUT2D eigenvalue weighted by molar-refractivity contribution is 7.98. The second-order valence-corrected chi connectivity index (χ2v) is 9.34. The van der Waals surface area contributed by atoms with Crippen LogP contribution in [0.25, 0.3) is 10.9 Å². The average Bonchev–Trinajstić information content (AvgIpc) is 3.32. The molecule has 0 saturated carbocycles.